The Kier molecular flexibility index (Phi) is 4.27. The van der Waals surface area contributed by atoms with Crippen LogP contribution < -0.4 is 15.4 Å². The highest BCUT2D eigenvalue weighted by Crippen LogP contribution is 2.38. The van der Waals surface area contributed by atoms with Gasteiger partial charge in [0.1, 0.15) is 5.75 Å². The van der Waals surface area contributed by atoms with Crippen molar-refractivity contribution in [1.29, 1.82) is 0 Å². The summed E-state index contributed by atoms with van der Waals surface area (Å²) in [6, 6.07) is 5.20. The lowest BCUT2D eigenvalue weighted by Crippen LogP contribution is -2.34. The van der Waals surface area contributed by atoms with Crippen LogP contribution in [-0.2, 0) is 4.79 Å². The molecule has 0 bridgehead atoms. The normalized spacial score (nSPS) is 19.2. The molecule has 2 aliphatic heterocycles. The summed E-state index contributed by atoms with van der Waals surface area (Å²) in [7, 11) is 0. The van der Waals surface area contributed by atoms with E-state index in [0.29, 0.717) is 28.7 Å². The summed E-state index contributed by atoms with van der Waals surface area (Å²) in [6.45, 7) is 0.663. The number of thiophene rings is 1. The molecule has 1 atom stereocenters. The number of urea groups is 1. The third-order valence-corrected chi connectivity index (χ3v) is 5.40. The van der Waals surface area contributed by atoms with Crippen molar-refractivity contribution in [2.45, 2.75) is 18.9 Å². The number of nitrogens with one attached hydrogen (secondary N) is 2. The first-order valence-corrected chi connectivity index (χ1v) is 9.30. The molecule has 2 aromatic rings. The summed E-state index contributed by atoms with van der Waals surface area (Å²) in [6.07, 6.45) is 1.93. The van der Waals surface area contributed by atoms with Crippen LogP contribution in [0.15, 0.2) is 29.0 Å². The summed E-state index contributed by atoms with van der Waals surface area (Å²) in [5, 5.41) is 10.0. The Morgan fingerprint density at radius 3 is 3.12 bits per heavy atom. The van der Waals surface area contributed by atoms with Crippen molar-refractivity contribution in [2.24, 2.45) is 0 Å². The molecule has 1 saturated heterocycles. The van der Waals surface area contributed by atoms with Crippen molar-refractivity contribution < 1.29 is 14.3 Å². The molecule has 0 aliphatic carbocycles. The van der Waals surface area contributed by atoms with Crippen LogP contribution in [0.4, 0.5) is 16.2 Å². The van der Waals surface area contributed by atoms with Gasteiger partial charge >= 0.3 is 6.03 Å². The number of nitrogens with zero attached hydrogens (tertiary/aromatic N) is 1. The maximum absolute atomic E-state index is 12.7. The summed E-state index contributed by atoms with van der Waals surface area (Å²) >= 11 is 7.89. The highest BCUT2D eigenvalue weighted by molar-refractivity contribution is 7.08. The summed E-state index contributed by atoms with van der Waals surface area (Å²) in [5.41, 5.74) is 2.15. The second-order valence-electron chi connectivity index (χ2n) is 6.00. The zero-order valence-electron chi connectivity index (χ0n) is 13.3. The summed E-state index contributed by atoms with van der Waals surface area (Å²) in [5.74, 6) is 0.270. The summed E-state index contributed by atoms with van der Waals surface area (Å²) < 4.78 is 5.38. The molecule has 2 N–H and O–H groups in total. The Bertz CT molecular complexity index is 825. The van der Waals surface area contributed by atoms with Gasteiger partial charge in [-0.2, -0.15) is 11.3 Å². The van der Waals surface area contributed by atoms with Crippen LogP contribution in [0, 0.1) is 0 Å². The van der Waals surface area contributed by atoms with Crippen molar-refractivity contribution in [3.63, 3.8) is 0 Å². The van der Waals surface area contributed by atoms with E-state index in [0.717, 1.165) is 12.8 Å². The number of likely N-dealkylation sites (tertiary alicyclic amines) is 1. The van der Waals surface area contributed by atoms with Crippen LogP contribution >= 0.6 is 22.9 Å². The zero-order valence-corrected chi connectivity index (χ0v) is 14.8. The number of anilines is 2. The van der Waals surface area contributed by atoms with Gasteiger partial charge in [-0.1, -0.05) is 11.6 Å². The second kappa shape index (κ2) is 6.57. The van der Waals surface area contributed by atoms with Gasteiger partial charge in [0, 0.05) is 12.6 Å². The van der Waals surface area contributed by atoms with E-state index >= 15 is 0 Å². The molecule has 8 heteroatoms. The number of benzene rings is 1. The molecule has 1 fully saturated rings. The molecular weight excluding hydrogens is 362 g/mol. The van der Waals surface area contributed by atoms with E-state index in [1.165, 1.54) is 5.56 Å². The third-order valence-electron chi connectivity index (χ3n) is 4.39. The molecule has 0 radical (unpaired) electrons. The Labute approximate surface area is 153 Å². The van der Waals surface area contributed by atoms with Gasteiger partial charge in [0.2, 0.25) is 0 Å². The van der Waals surface area contributed by atoms with Crippen molar-refractivity contribution in [2.75, 3.05) is 23.8 Å². The largest absolute Gasteiger partial charge is 0.482 e. The van der Waals surface area contributed by atoms with Crippen LogP contribution in [0.25, 0.3) is 0 Å². The second-order valence-corrected chi connectivity index (χ2v) is 7.19. The van der Waals surface area contributed by atoms with Gasteiger partial charge in [-0.3, -0.25) is 4.79 Å². The lowest BCUT2D eigenvalue weighted by molar-refractivity contribution is -0.118. The smallest absolute Gasteiger partial charge is 0.322 e. The molecule has 4 rings (SSSR count). The quantitative estimate of drug-likeness (QED) is 0.827. The van der Waals surface area contributed by atoms with E-state index in [-0.39, 0.29) is 24.6 Å². The summed E-state index contributed by atoms with van der Waals surface area (Å²) in [4.78, 5) is 25.9. The molecule has 1 aromatic heterocycles. The fourth-order valence-electron chi connectivity index (χ4n) is 3.20. The van der Waals surface area contributed by atoms with Gasteiger partial charge in [0.25, 0.3) is 5.91 Å². The molecule has 3 heterocycles. The number of amides is 3. The van der Waals surface area contributed by atoms with Crippen LogP contribution in [-0.4, -0.2) is 30.0 Å². The molecule has 0 saturated carbocycles. The molecule has 1 aromatic carbocycles. The number of rotatable bonds is 2. The highest BCUT2D eigenvalue weighted by Gasteiger charge is 2.30. The lowest BCUT2D eigenvalue weighted by Gasteiger charge is -2.25. The van der Waals surface area contributed by atoms with Crippen molar-refractivity contribution in [3.05, 3.63) is 39.5 Å². The zero-order chi connectivity index (χ0) is 17.4. The Morgan fingerprint density at radius 1 is 1.44 bits per heavy atom. The number of carbonyl (C=O) groups is 2. The van der Waals surface area contributed by atoms with Gasteiger partial charge in [0.05, 0.1) is 22.4 Å². The first kappa shape index (κ1) is 16.2. The minimum atomic E-state index is -0.226. The topological polar surface area (TPSA) is 70.7 Å². The first-order valence-electron chi connectivity index (χ1n) is 7.98. The fourth-order valence-corrected chi connectivity index (χ4v) is 4.12. The van der Waals surface area contributed by atoms with Gasteiger partial charge < -0.3 is 20.3 Å². The van der Waals surface area contributed by atoms with Crippen LogP contribution in [0.1, 0.15) is 24.4 Å². The predicted molar refractivity (Wildman–Crippen MR) is 97.6 cm³/mol. The van der Waals surface area contributed by atoms with Gasteiger partial charge in [-0.25, -0.2) is 4.79 Å². The average molecular weight is 378 g/mol. The molecule has 2 aliphatic rings. The van der Waals surface area contributed by atoms with E-state index in [1.54, 1.807) is 23.5 Å². The van der Waals surface area contributed by atoms with E-state index in [2.05, 4.69) is 22.1 Å². The van der Waals surface area contributed by atoms with Gasteiger partial charge in [0.15, 0.2) is 6.61 Å². The minimum absolute atomic E-state index is 0.0472. The number of hydrogen-bond donors (Lipinski definition) is 2. The van der Waals surface area contributed by atoms with Crippen molar-refractivity contribution in [1.82, 2.24) is 4.90 Å². The lowest BCUT2D eigenvalue weighted by atomic mass is 10.1. The molecule has 6 nitrogen and oxygen atoms in total. The molecule has 130 valence electrons. The number of fused-ring (bicyclic) bond motifs is 1. The molecule has 3 amide bonds. The average Bonchev–Trinajstić information content (AvgIpc) is 3.26. The fraction of sp³-hybridized carbons (Fsp3) is 0.294. The Morgan fingerprint density at radius 2 is 2.32 bits per heavy atom. The van der Waals surface area contributed by atoms with Crippen LogP contribution in [0.2, 0.25) is 5.02 Å². The van der Waals surface area contributed by atoms with Gasteiger partial charge in [-0.15, -0.1) is 0 Å². The van der Waals surface area contributed by atoms with E-state index in [9.17, 15) is 9.59 Å². The number of ether oxygens (including phenoxy) is 1. The Hall–Kier alpha value is -2.25. The number of halogens is 1. The van der Waals surface area contributed by atoms with Crippen molar-refractivity contribution in [3.8, 4) is 5.75 Å². The van der Waals surface area contributed by atoms with Crippen LogP contribution in [0.5, 0.6) is 5.75 Å². The molecular formula is C17H16ClN3O3S. The first-order chi connectivity index (χ1) is 12.1. The maximum Gasteiger partial charge on any atom is 0.322 e. The predicted octanol–water partition coefficient (Wildman–Crippen LogP) is 4.10. The van der Waals surface area contributed by atoms with E-state index in [1.807, 2.05) is 10.3 Å². The van der Waals surface area contributed by atoms with Gasteiger partial charge in [-0.05, 0) is 41.3 Å². The third kappa shape index (κ3) is 3.17. The highest BCUT2D eigenvalue weighted by atomic mass is 35.5. The monoisotopic (exact) mass is 377 g/mol. The molecule has 0 spiro atoms. The SMILES string of the molecule is O=C1COc2cc(NC(=O)N3CCCC3c3ccsc3)c(Cl)cc2N1. The Balaban J connectivity index is 1.54. The van der Waals surface area contributed by atoms with E-state index < -0.39 is 0 Å². The van der Waals surface area contributed by atoms with Crippen molar-refractivity contribution >= 4 is 46.3 Å². The van der Waals surface area contributed by atoms with E-state index in [4.69, 9.17) is 16.3 Å². The molecule has 25 heavy (non-hydrogen) atoms. The minimum Gasteiger partial charge on any atom is -0.482 e. The molecule has 1 unspecified atom stereocenters. The number of carbonyl (C=O) groups excluding carboxylic acids is 2. The maximum atomic E-state index is 12.7. The number of hydrogen-bond acceptors (Lipinski definition) is 4. The van der Waals surface area contributed by atoms with Crippen LogP contribution in [0.3, 0.4) is 0 Å². The standard InChI is InChI=1S/C17H16ClN3O3S/c18-11-6-13-15(24-8-16(22)19-13)7-12(11)20-17(23)21-4-1-2-14(21)10-3-5-25-9-10/h3,5-7,9,14H,1-2,4,8H2,(H,19,22)(H,20,23).